The zero-order valence-electron chi connectivity index (χ0n) is 17.5. The van der Waals surface area contributed by atoms with Gasteiger partial charge in [0.05, 0.1) is 0 Å². The number of aryl methyl sites for hydroxylation is 2. The minimum Gasteiger partial charge on any atom is -0.287 e. The second-order valence-corrected chi connectivity index (χ2v) is 8.43. The minimum atomic E-state index is -0.381. The van der Waals surface area contributed by atoms with Gasteiger partial charge in [0, 0.05) is 24.2 Å². The van der Waals surface area contributed by atoms with Crippen LogP contribution in [0.3, 0.4) is 0 Å². The van der Waals surface area contributed by atoms with Gasteiger partial charge in [0.1, 0.15) is 5.69 Å². The molecule has 0 aliphatic heterocycles. The molecule has 1 saturated carbocycles. The smallest absolute Gasteiger partial charge is 0.287 e. The molecule has 1 aromatic carbocycles. The van der Waals surface area contributed by atoms with E-state index in [2.05, 4.69) is 0 Å². The molecule has 0 spiro atoms. The van der Waals surface area contributed by atoms with Crippen LogP contribution in [0.4, 0.5) is 0 Å². The highest BCUT2D eigenvalue weighted by Gasteiger charge is 2.30. The maximum absolute atomic E-state index is 13.6. The number of carbonyl (C=O) groups is 1. The maximum atomic E-state index is 13.6. The summed E-state index contributed by atoms with van der Waals surface area (Å²) < 4.78 is 2.80. The fourth-order valence-electron chi connectivity index (χ4n) is 4.43. The molecular weight excluding hydrogens is 352 g/mol. The average Bonchev–Trinajstić information content (AvgIpc) is 2.64. The Bertz CT molecular complexity index is 1000. The van der Waals surface area contributed by atoms with E-state index in [1.165, 1.54) is 11.6 Å². The Hall–Kier alpha value is -2.43. The molecule has 1 heterocycles. The van der Waals surface area contributed by atoms with Gasteiger partial charge in [-0.05, 0) is 44.7 Å². The topological polar surface area (TPSA) is 61.1 Å². The van der Waals surface area contributed by atoms with Crippen molar-refractivity contribution in [3.05, 3.63) is 67.0 Å². The van der Waals surface area contributed by atoms with Gasteiger partial charge >= 0.3 is 5.69 Å². The van der Waals surface area contributed by atoms with E-state index in [9.17, 15) is 14.4 Å². The molecule has 0 radical (unpaired) electrons. The summed E-state index contributed by atoms with van der Waals surface area (Å²) in [5.41, 5.74) is 2.51. The molecule has 5 nitrogen and oxygen atoms in total. The van der Waals surface area contributed by atoms with E-state index < -0.39 is 0 Å². The van der Waals surface area contributed by atoms with Crippen LogP contribution in [0.5, 0.6) is 0 Å². The Morgan fingerprint density at radius 1 is 1.00 bits per heavy atom. The van der Waals surface area contributed by atoms with Crippen LogP contribution in [-0.4, -0.2) is 14.9 Å². The number of hydrogen-bond acceptors (Lipinski definition) is 3. The summed E-state index contributed by atoms with van der Waals surface area (Å²) in [5.74, 6) is -0.380. The highest BCUT2D eigenvalue weighted by molar-refractivity contribution is 6.09. The number of rotatable bonds is 4. The summed E-state index contributed by atoms with van der Waals surface area (Å²) in [4.78, 5) is 39.7. The lowest BCUT2D eigenvalue weighted by Gasteiger charge is -2.28. The lowest BCUT2D eigenvalue weighted by Crippen LogP contribution is -2.45. The van der Waals surface area contributed by atoms with Gasteiger partial charge in [-0.15, -0.1) is 0 Å². The van der Waals surface area contributed by atoms with Crippen molar-refractivity contribution in [2.24, 2.45) is 7.05 Å². The van der Waals surface area contributed by atoms with E-state index in [0.717, 1.165) is 43.2 Å². The Labute approximate surface area is 166 Å². The zero-order chi connectivity index (χ0) is 20.6. The molecule has 0 bridgehead atoms. The van der Waals surface area contributed by atoms with E-state index >= 15 is 0 Å². The van der Waals surface area contributed by atoms with Crippen LogP contribution >= 0.6 is 0 Å². The van der Waals surface area contributed by atoms with Gasteiger partial charge in [-0.3, -0.25) is 18.7 Å². The molecule has 2 aromatic rings. The van der Waals surface area contributed by atoms with Crippen LogP contribution in [0.1, 0.15) is 90.7 Å². The number of hydrogen-bond donors (Lipinski definition) is 0. The molecule has 150 valence electrons. The lowest BCUT2D eigenvalue weighted by atomic mass is 9.91. The number of nitrogens with zero attached hydrogens (tertiary/aromatic N) is 2. The molecule has 0 unspecified atom stereocenters. The van der Waals surface area contributed by atoms with E-state index in [1.54, 1.807) is 4.57 Å². The van der Waals surface area contributed by atoms with Crippen molar-refractivity contribution < 1.29 is 4.79 Å². The van der Waals surface area contributed by atoms with Crippen molar-refractivity contribution in [1.29, 1.82) is 0 Å². The average molecular weight is 383 g/mol. The SMILES string of the molecule is Cc1cc(C)cc(C(=O)c2c(C(C)C)c(=O)n(C)c(=O)n2C2CCCCC2)c1. The van der Waals surface area contributed by atoms with Crippen LogP contribution in [0.2, 0.25) is 0 Å². The van der Waals surface area contributed by atoms with Crippen molar-refractivity contribution in [2.45, 2.75) is 71.8 Å². The minimum absolute atomic E-state index is 0.0320. The highest BCUT2D eigenvalue weighted by atomic mass is 16.2. The Morgan fingerprint density at radius 3 is 2.11 bits per heavy atom. The molecule has 0 N–H and O–H groups in total. The zero-order valence-corrected chi connectivity index (χ0v) is 17.5. The summed E-state index contributed by atoms with van der Waals surface area (Å²) in [6.45, 7) is 7.71. The molecule has 1 aromatic heterocycles. The summed E-state index contributed by atoms with van der Waals surface area (Å²) in [6.07, 6.45) is 4.95. The second kappa shape index (κ2) is 7.90. The van der Waals surface area contributed by atoms with Crippen LogP contribution in [0, 0.1) is 13.8 Å². The maximum Gasteiger partial charge on any atom is 0.331 e. The first-order valence-corrected chi connectivity index (χ1v) is 10.2. The first-order chi connectivity index (χ1) is 13.2. The third-order valence-electron chi connectivity index (χ3n) is 5.74. The largest absolute Gasteiger partial charge is 0.331 e. The first-order valence-electron chi connectivity index (χ1n) is 10.2. The van der Waals surface area contributed by atoms with Crippen molar-refractivity contribution in [3.8, 4) is 0 Å². The van der Waals surface area contributed by atoms with Crippen LogP contribution in [0.25, 0.3) is 0 Å². The predicted molar refractivity (Wildman–Crippen MR) is 112 cm³/mol. The van der Waals surface area contributed by atoms with Gasteiger partial charge in [-0.1, -0.05) is 50.3 Å². The summed E-state index contributed by atoms with van der Waals surface area (Å²) in [6, 6.07) is 5.66. The number of benzene rings is 1. The van der Waals surface area contributed by atoms with E-state index in [4.69, 9.17) is 0 Å². The number of ketones is 1. The third kappa shape index (κ3) is 3.62. The van der Waals surface area contributed by atoms with Crippen molar-refractivity contribution in [3.63, 3.8) is 0 Å². The molecule has 3 rings (SSSR count). The Morgan fingerprint density at radius 2 is 1.57 bits per heavy atom. The van der Waals surface area contributed by atoms with Gasteiger partial charge < -0.3 is 0 Å². The molecule has 1 fully saturated rings. The van der Waals surface area contributed by atoms with Gasteiger partial charge in [0.15, 0.2) is 0 Å². The van der Waals surface area contributed by atoms with E-state index in [0.29, 0.717) is 16.8 Å². The normalized spacial score (nSPS) is 15.2. The molecule has 1 aliphatic rings. The number of aromatic nitrogens is 2. The highest BCUT2D eigenvalue weighted by Crippen LogP contribution is 2.30. The second-order valence-electron chi connectivity index (χ2n) is 8.43. The van der Waals surface area contributed by atoms with Gasteiger partial charge in [0.2, 0.25) is 5.78 Å². The monoisotopic (exact) mass is 382 g/mol. The predicted octanol–water partition coefficient (Wildman–Crippen LogP) is 4.02. The summed E-state index contributed by atoms with van der Waals surface area (Å²) in [5, 5.41) is 0. The Kier molecular flexibility index (Phi) is 5.73. The van der Waals surface area contributed by atoms with Gasteiger partial charge in [-0.25, -0.2) is 4.79 Å². The van der Waals surface area contributed by atoms with Crippen LogP contribution in [0.15, 0.2) is 27.8 Å². The molecule has 5 heteroatoms. The quantitative estimate of drug-likeness (QED) is 0.750. The van der Waals surface area contributed by atoms with Crippen LogP contribution < -0.4 is 11.2 Å². The first kappa shape index (κ1) is 20.3. The van der Waals surface area contributed by atoms with Gasteiger partial charge in [0.25, 0.3) is 5.56 Å². The standard InChI is InChI=1S/C23H30N2O3/c1-14(2)19-20(21(26)17-12-15(3)11-16(4)13-17)25(18-9-7-6-8-10-18)23(28)24(5)22(19)27/h11-14,18H,6-10H2,1-5H3. The van der Waals surface area contributed by atoms with Gasteiger partial charge in [-0.2, -0.15) is 0 Å². The fraction of sp³-hybridized carbons (Fsp3) is 0.522. The molecule has 28 heavy (non-hydrogen) atoms. The molecule has 0 amide bonds. The van der Waals surface area contributed by atoms with Crippen molar-refractivity contribution >= 4 is 5.78 Å². The number of carbonyl (C=O) groups excluding carboxylic acids is 1. The van der Waals surface area contributed by atoms with E-state index in [1.807, 2.05) is 45.9 Å². The fourth-order valence-corrected chi connectivity index (χ4v) is 4.43. The third-order valence-corrected chi connectivity index (χ3v) is 5.74. The molecule has 0 atom stereocenters. The Balaban J connectivity index is 2.34. The summed E-state index contributed by atoms with van der Waals surface area (Å²) >= 11 is 0. The van der Waals surface area contributed by atoms with E-state index in [-0.39, 0.29) is 29.0 Å². The lowest BCUT2D eigenvalue weighted by molar-refractivity contribution is 0.102. The molecule has 0 saturated heterocycles. The van der Waals surface area contributed by atoms with Crippen molar-refractivity contribution in [1.82, 2.24) is 9.13 Å². The molecular formula is C23H30N2O3. The summed E-state index contributed by atoms with van der Waals surface area (Å²) in [7, 11) is 1.51. The van der Waals surface area contributed by atoms with Crippen LogP contribution in [-0.2, 0) is 7.05 Å². The molecule has 1 aliphatic carbocycles. The van der Waals surface area contributed by atoms with Crippen molar-refractivity contribution in [2.75, 3.05) is 0 Å².